The van der Waals surface area contributed by atoms with Gasteiger partial charge in [-0.1, -0.05) is 66.7 Å². The third-order valence-electron chi connectivity index (χ3n) is 5.99. The van der Waals surface area contributed by atoms with Crippen molar-refractivity contribution in [2.75, 3.05) is 4.90 Å². The van der Waals surface area contributed by atoms with E-state index in [0.29, 0.717) is 0 Å². The van der Waals surface area contributed by atoms with Gasteiger partial charge in [-0.05, 0) is 60.3 Å². The zero-order valence-electron chi connectivity index (χ0n) is 17.2. The Morgan fingerprint density at radius 1 is 0.516 bits per heavy atom. The third-order valence-corrected chi connectivity index (χ3v) is 7.14. The fraction of sp³-hybridized carbons (Fsp3) is 0.0345. The quantitative estimate of drug-likeness (QED) is 0.279. The van der Waals surface area contributed by atoms with Crippen LogP contribution >= 0.6 is 11.3 Å². The summed E-state index contributed by atoms with van der Waals surface area (Å²) >= 11 is 1.86. The number of benzene rings is 5. The van der Waals surface area contributed by atoms with E-state index in [-0.39, 0.29) is 0 Å². The maximum absolute atomic E-state index is 2.38. The average Bonchev–Trinajstić information content (AvgIpc) is 3.20. The van der Waals surface area contributed by atoms with Crippen LogP contribution in [0.5, 0.6) is 0 Å². The van der Waals surface area contributed by atoms with Gasteiger partial charge in [0.15, 0.2) is 0 Å². The summed E-state index contributed by atoms with van der Waals surface area (Å²) in [5.41, 5.74) is 4.84. The van der Waals surface area contributed by atoms with Gasteiger partial charge in [0.1, 0.15) is 0 Å². The molecule has 0 saturated carbocycles. The molecule has 0 fully saturated rings. The van der Waals surface area contributed by atoms with E-state index in [1.807, 2.05) is 11.3 Å². The van der Waals surface area contributed by atoms with Gasteiger partial charge < -0.3 is 4.90 Å². The van der Waals surface area contributed by atoms with Crippen LogP contribution in [0.2, 0.25) is 0 Å². The largest absolute Gasteiger partial charge is 0.310 e. The predicted molar refractivity (Wildman–Crippen MR) is 136 cm³/mol. The molecule has 0 bridgehead atoms. The second kappa shape index (κ2) is 7.26. The number of hydrogen-bond acceptors (Lipinski definition) is 2. The van der Waals surface area contributed by atoms with E-state index >= 15 is 0 Å². The van der Waals surface area contributed by atoms with E-state index < -0.39 is 0 Å². The first-order chi connectivity index (χ1) is 15.3. The molecule has 1 nitrogen and oxygen atoms in total. The minimum Gasteiger partial charge on any atom is -0.310 e. The smallest absolute Gasteiger partial charge is 0.0540 e. The third kappa shape index (κ3) is 2.99. The molecule has 31 heavy (non-hydrogen) atoms. The van der Waals surface area contributed by atoms with Crippen LogP contribution in [-0.4, -0.2) is 0 Å². The van der Waals surface area contributed by atoms with Crippen molar-refractivity contribution in [3.8, 4) is 0 Å². The van der Waals surface area contributed by atoms with Crippen molar-refractivity contribution in [1.29, 1.82) is 0 Å². The summed E-state index contributed by atoms with van der Waals surface area (Å²) in [5, 5.41) is 5.20. The van der Waals surface area contributed by atoms with E-state index in [2.05, 4.69) is 121 Å². The molecule has 5 aromatic carbocycles. The van der Waals surface area contributed by atoms with E-state index in [4.69, 9.17) is 0 Å². The molecule has 1 heterocycles. The molecular formula is C29H21NS. The lowest BCUT2D eigenvalue weighted by Gasteiger charge is -2.27. The molecule has 0 unspecified atom stereocenters. The molecule has 0 aliphatic heterocycles. The van der Waals surface area contributed by atoms with Crippen LogP contribution in [0.25, 0.3) is 30.9 Å². The highest BCUT2D eigenvalue weighted by atomic mass is 32.1. The molecule has 0 aliphatic carbocycles. The second-order valence-electron chi connectivity index (χ2n) is 7.90. The molecule has 0 spiro atoms. The van der Waals surface area contributed by atoms with Gasteiger partial charge in [-0.2, -0.15) is 0 Å². The Balaban J connectivity index is 1.65. The Hall–Kier alpha value is -3.62. The Kier molecular flexibility index (Phi) is 4.26. The first kappa shape index (κ1) is 18.2. The highest BCUT2D eigenvalue weighted by Gasteiger charge is 2.17. The lowest BCUT2D eigenvalue weighted by Crippen LogP contribution is -2.10. The van der Waals surface area contributed by atoms with Gasteiger partial charge in [0.2, 0.25) is 0 Å². The van der Waals surface area contributed by atoms with Gasteiger partial charge in [0.05, 0.1) is 5.69 Å². The average molecular weight is 416 g/mol. The van der Waals surface area contributed by atoms with Crippen LogP contribution in [0.1, 0.15) is 5.56 Å². The number of nitrogens with zero attached hydrogens (tertiary/aromatic N) is 1. The molecule has 0 N–H and O–H groups in total. The SMILES string of the molecule is Cc1ccc(N(c2ccccc2)c2ccc3sc4ccccc4c3c2)c2ccccc12. The van der Waals surface area contributed by atoms with Gasteiger partial charge in [-0.3, -0.25) is 0 Å². The van der Waals surface area contributed by atoms with Gasteiger partial charge in [-0.25, -0.2) is 0 Å². The topological polar surface area (TPSA) is 3.24 Å². The Labute approximate surface area is 185 Å². The van der Waals surface area contributed by atoms with Gasteiger partial charge in [0, 0.05) is 36.9 Å². The van der Waals surface area contributed by atoms with Crippen LogP contribution in [-0.2, 0) is 0 Å². The number of hydrogen-bond donors (Lipinski definition) is 0. The first-order valence-electron chi connectivity index (χ1n) is 10.5. The highest BCUT2D eigenvalue weighted by Crippen LogP contribution is 2.42. The van der Waals surface area contributed by atoms with Crippen LogP contribution in [0.3, 0.4) is 0 Å². The number of aryl methyl sites for hydroxylation is 1. The molecule has 148 valence electrons. The molecule has 0 saturated heterocycles. The van der Waals surface area contributed by atoms with Crippen molar-refractivity contribution < 1.29 is 0 Å². The van der Waals surface area contributed by atoms with Gasteiger partial charge >= 0.3 is 0 Å². The summed E-state index contributed by atoms with van der Waals surface area (Å²) in [6, 6.07) is 39.4. The Morgan fingerprint density at radius 2 is 1.19 bits per heavy atom. The van der Waals surface area contributed by atoms with Crippen molar-refractivity contribution in [3.05, 3.63) is 115 Å². The van der Waals surface area contributed by atoms with Crippen molar-refractivity contribution in [2.45, 2.75) is 6.92 Å². The van der Waals surface area contributed by atoms with Crippen molar-refractivity contribution >= 4 is 59.3 Å². The zero-order valence-corrected chi connectivity index (χ0v) is 18.1. The van der Waals surface area contributed by atoms with Crippen molar-refractivity contribution in [3.63, 3.8) is 0 Å². The fourth-order valence-electron chi connectivity index (χ4n) is 4.49. The number of anilines is 3. The van der Waals surface area contributed by atoms with E-state index in [1.54, 1.807) is 0 Å². The minimum absolute atomic E-state index is 1.16. The van der Waals surface area contributed by atoms with Crippen molar-refractivity contribution in [2.24, 2.45) is 0 Å². The Morgan fingerprint density at radius 3 is 2.03 bits per heavy atom. The van der Waals surface area contributed by atoms with Crippen LogP contribution in [0.15, 0.2) is 109 Å². The highest BCUT2D eigenvalue weighted by molar-refractivity contribution is 7.25. The van der Waals surface area contributed by atoms with Crippen molar-refractivity contribution in [1.82, 2.24) is 0 Å². The molecule has 0 amide bonds. The van der Waals surface area contributed by atoms with Crippen LogP contribution < -0.4 is 4.90 Å². The van der Waals surface area contributed by atoms with Gasteiger partial charge in [-0.15, -0.1) is 11.3 Å². The fourth-order valence-corrected chi connectivity index (χ4v) is 5.57. The molecule has 1 aromatic heterocycles. The summed E-state index contributed by atoms with van der Waals surface area (Å²) in [6.07, 6.45) is 0. The monoisotopic (exact) mass is 415 g/mol. The number of fused-ring (bicyclic) bond motifs is 4. The first-order valence-corrected chi connectivity index (χ1v) is 11.4. The summed E-state index contributed by atoms with van der Waals surface area (Å²) in [7, 11) is 0. The number of rotatable bonds is 3. The van der Waals surface area contributed by atoms with E-state index in [9.17, 15) is 0 Å². The standard InChI is InChI=1S/C29H21NS/c1-20-15-17-27(24-12-6-5-11-23(20)24)30(21-9-3-2-4-10-21)22-16-18-29-26(19-22)25-13-7-8-14-28(25)31-29/h2-19H,1H3. The normalized spacial score (nSPS) is 11.4. The maximum atomic E-state index is 2.38. The van der Waals surface area contributed by atoms with E-state index in [0.717, 1.165) is 5.69 Å². The molecule has 6 aromatic rings. The molecule has 0 aliphatic rings. The minimum atomic E-state index is 1.16. The van der Waals surface area contributed by atoms with Gasteiger partial charge in [0.25, 0.3) is 0 Å². The lowest BCUT2D eigenvalue weighted by atomic mass is 10.0. The zero-order chi connectivity index (χ0) is 20.8. The Bertz CT molecular complexity index is 1550. The number of para-hydroxylation sites is 1. The second-order valence-corrected chi connectivity index (χ2v) is 8.98. The van der Waals surface area contributed by atoms with Crippen LogP contribution in [0, 0.1) is 6.92 Å². The lowest BCUT2D eigenvalue weighted by molar-refractivity contribution is 1.30. The summed E-state index contributed by atoms with van der Waals surface area (Å²) in [5.74, 6) is 0. The van der Waals surface area contributed by atoms with Crippen LogP contribution in [0.4, 0.5) is 17.1 Å². The van der Waals surface area contributed by atoms with E-state index in [1.165, 1.54) is 47.9 Å². The molecular weight excluding hydrogens is 394 g/mol. The molecule has 6 rings (SSSR count). The molecule has 0 radical (unpaired) electrons. The summed E-state index contributed by atoms with van der Waals surface area (Å²) < 4.78 is 2.66. The molecule has 2 heteroatoms. The maximum Gasteiger partial charge on any atom is 0.0540 e. The predicted octanol–water partition coefficient (Wildman–Crippen LogP) is 8.99. The summed E-state index contributed by atoms with van der Waals surface area (Å²) in [6.45, 7) is 2.18. The summed E-state index contributed by atoms with van der Waals surface area (Å²) in [4.78, 5) is 2.38. The number of thiophene rings is 1. The molecule has 0 atom stereocenters.